The highest BCUT2D eigenvalue weighted by Crippen LogP contribution is 2.23. The van der Waals surface area contributed by atoms with Crippen LogP contribution in [0.3, 0.4) is 0 Å². The lowest BCUT2D eigenvalue weighted by Gasteiger charge is -2.23. The van der Waals surface area contributed by atoms with Crippen LogP contribution in [0, 0.1) is 5.92 Å². The van der Waals surface area contributed by atoms with Gasteiger partial charge in [-0.1, -0.05) is 32.4 Å². The third-order valence-electron chi connectivity index (χ3n) is 5.55. The maximum absolute atomic E-state index is 13.0. The molecule has 0 radical (unpaired) electrons. The van der Waals surface area contributed by atoms with Crippen molar-refractivity contribution < 1.29 is 9.59 Å². The molecular formula is C25H34N4O2. The fourth-order valence-corrected chi connectivity index (χ4v) is 3.90. The molecule has 1 aliphatic heterocycles. The van der Waals surface area contributed by atoms with Crippen molar-refractivity contribution in [3.8, 4) is 0 Å². The number of nitrogens with zero attached hydrogens (tertiary/aromatic N) is 1. The average molecular weight is 423 g/mol. The van der Waals surface area contributed by atoms with E-state index >= 15 is 0 Å². The quantitative estimate of drug-likeness (QED) is 0.584. The number of anilines is 3. The lowest BCUT2D eigenvalue weighted by Crippen LogP contribution is -2.36. The molecule has 2 aromatic rings. The normalized spacial score (nSPS) is 15.5. The number of carbonyl (C=O) groups is 2. The van der Waals surface area contributed by atoms with Crippen LogP contribution in [0.25, 0.3) is 0 Å². The first-order valence-corrected chi connectivity index (χ1v) is 11.2. The summed E-state index contributed by atoms with van der Waals surface area (Å²) in [5.41, 5.74) is 9.27. The van der Waals surface area contributed by atoms with Crippen LogP contribution in [0.1, 0.15) is 51.5 Å². The van der Waals surface area contributed by atoms with Crippen molar-refractivity contribution in [1.29, 1.82) is 0 Å². The summed E-state index contributed by atoms with van der Waals surface area (Å²) in [6.45, 7) is 5.42. The maximum atomic E-state index is 13.0. The van der Waals surface area contributed by atoms with Crippen molar-refractivity contribution in [2.75, 3.05) is 22.1 Å². The van der Waals surface area contributed by atoms with Crippen molar-refractivity contribution in [3.63, 3.8) is 0 Å². The van der Waals surface area contributed by atoms with Gasteiger partial charge in [-0.05, 0) is 67.1 Å². The van der Waals surface area contributed by atoms with Crippen LogP contribution >= 0.6 is 0 Å². The molecule has 1 atom stereocenters. The van der Waals surface area contributed by atoms with Crippen molar-refractivity contribution in [2.45, 2.75) is 58.5 Å². The largest absolute Gasteiger partial charge is 0.374 e. The average Bonchev–Trinajstić information content (AvgIpc) is 2.98. The SMILES string of the molecule is CC(C)CC(Nc1cccc(CN)c1)C(=O)Nc1ccc(N2CCCCCC2=O)cc1. The summed E-state index contributed by atoms with van der Waals surface area (Å²) in [6, 6.07) is 15.0. The lowest BCUT2D eigenvalue weighted by atomic mass is 10.0. The fourth-order valence-electron chi connectivity index (χ4n) is 3.90. The molecule has 2 aromatic carbocycles. The molecule has 6 nitrogen and oxygen atoms in total. The highest BCUT2D eigenvalue weighted by Gasteiger charge is 2.21. The molecule has 0 spiro atoms. The van der Waals surface area contributed by atoms with E-state index < -0.39 is 0 Å². The van der Waals surface area contributed by atoms with Crippen molar-refractivity contribution >= 4 is 28.9 Å². The van der Waals surface area contributed by atoms with E-state index in [0.717, 1.165) is 48.4 Å². The van der Waals surface area contributed by atoms with E-state index in [-0.39, 0.29) is 17.9 Å². The van der Waals surface area contributed by atoms with E-state index in [4.69, 9.17) is 5.73 Å². The Hall–Kier alpha value is -2.86. The summed E-state index contributed by atoms with van der Waals surface area (Å²) >= 11 is 0. The predicted octanol–water partition coefficient (Wildman–Crippen LogP) is 4.52. The number of nitrogens with two attached hydrogens (primary N) is 1. The molecule has 1 fully saturated rings. The molecular weight excluding hydrogens is 388 g/mol. The van der Waals surface area contributed by atoms with Crippen molar-refractivity contribution in [1.82, 2.24) is 0 Å². The first-order valence-electron chi connectivity index (χ1n) is 11.2. The van der Waals surface area contributed by atoms with E-state index in [0.29, 0.717) is 25.3 Å². The highest BCUT2D eigenvalue weighted by molar-refractivity contribution is 5.97. The Balaban J connectivity index is 1.68. The summed E-state index contributed by atoms with van der Waals surface area (Å²) in [7, 11) is 0. The molecule has 0 aromatic heterocycles. The van der Waals surface area contributed by atoms with E-state index in [1.165, 1.54) is 0 Å². The zero-order valence-electron chi connectivity index (χ0n) is 18.6. The second-order valence-electron chi connectivity index (χ2n) is 8.62. The van der Waals surface area contributed by atoms with Gasteiger partial charge in [0.1, 0.15) is 6.04 Å². The van der Waals surface area contributed by atoms with Crippen LogP contribution in [0.5, 0.6) is 0 Å². The number of rotatable bonds is 8. The van der Waals surface area contributed by atoms with E-state index in [1.807, 2.05) is 53.4 Å². The van der Waals surface area contributed by atoms with Crippen LogP contribution < -0.4 is 21.3 Å². The number of amides is 2. The van der Waals surface area contributed by atoms with E-state index in [1.54, 1.807) is 0 Å². The standard InChI is InChI=1S/C25H34N4O2/c1-18(2)15-23(27-21-8-6-7-19(16-21)17-26)25(31)28-20-10-12-22(13-11-20)29-14-5-3-4-9-24(29)30/h6-8,10-13,16,18,23,27H,3-5,9,14-15,17,26H2,1-2H3,(H,28,31). The minimum absolute atomic E-state index is 0.0783. The second kappa shape index (κ2) is 11.0. The highest BCUT2D eigenvalue weighted by atomic mass is 16.2. The topological polar surface area (TPSA) is 87.5 Å². The first kappa shape index (κ1) is 22.8. The van der Waals surface area contributed by atoms with Gasteiger partial charge in [0.15, 0.2) is 0 Å². The summed E-state index contributed by atoms with van der Waals surface area (Å²) < 4.78 is 0. The van der Waals surface area contributed by atoms with Crippen LogP contribution in [-0.4, -0.2) is 24.4 Å². The molecule has 4 N–H and O–H groups in total. The van der Waals surface area contributed by atoms with Gasteiger partial charge in [0.2, 0.25) is 11.8 Å². The van der Waals surface area contributed by atoms with Crippen LogP contribution in [0.2, 0.25) is 0 Å². The van der Waals surface area contributed by atoms with Crippen molar-refractivity contribution in [2.24, 2.45) is 11.7 Å². The van der Waals surface area contributed by atoms with Crippen LogP contribution in [-0.2, 0) is 16.1 Å². The van der Waals surface area contributed by atoms with Gasteiger partial charge in [0, 0.05) is 36.6 Å². The van der Waals surface area contributed by atoms with Crippen LogP contribution in [0.15, 0.2) is 48.5 Å². The smallest absolute Gasteiger partial charge is 0.246 e. The Morgan fingerprint density at radius 1 is 1.06 bits per heavy atom. The first-order chi connectivity index (χ1) is 15.0. The Morgan fingerprint density at radius 3 is 2.55 bits per heavy atom. The molecule has 31 heavy (non-hydrogen) atoms. The maximum Gasteiger partial charge on any atom is 0.246 e. The fraction of sp³-hybridized carbons (Fsp3) is 0.440. The molecule has 166 valence electrons. The third kappa shape index (κ3) is 6.56. The molecule has 2 amide bonds. The van der Waals surface area contributed by atoms with Crippen LogP contribution in [0.4, 0.5) is 17.1 Å². The number of hydrogen-bond donors (Lipinski definition) is 3. The minimum atomic E-state index is -0.361. The summed E-state index contributed by atoms with van der Waals surface area (Å²) in [6.07, 6.45) is 4.39. The Morgan fingerprint density at radius 2 is 1.84 bits per heavy atom. The molecule has 1 unspecified atom stereocenters. The predicted molar refractivity (Wildman–Crippen MR) is 127 cm³/mol. The molecule has 1 saturated heterocycles. The second-order valence-corrected chi connectivity index (χ2v) is 8.62. The van der Waals surface area contributed by atoms with E-state index in [9.17, 15) is 9.59 Å². The third-order valence-corrected chi connectivity index (χ3v) is 5.55. The van der Waals surface area contributed by atoms with Gasteiger partial charge < -0.3 is 21.3 Å². The summed E-state index contributed by atoms with van der Waals surface area (Å²) in [5, 5.41) is 6.38. The Kier molecular flexibility index (Phi) is 8.06. The summed E-state index contributed by atoms with van der Waals surface area (Å²) in [5.74, 6) is 0.456. The van der Waals surface area contributed by atoms with Crippen molar-refractivity contribution in [3.05, 3.63) is 54.1 Å². The number of nitrogens with one attached hydrogen (secondary N) is 2. The van der Waals surface area contributed by atoms with Gasteiger partial charge in [0.05, 0.1) is 0 Å². The van der Waals surface area contributed by atoms with Gasteiger partial charge in [-0.25, -0.2) is 0 Å². The molecule has 1 aliphatic rings. The molecule has 1 heterocycles. The number of carbonyl (C=O) groups excluding carboxylic acids is 2. The number of benzene rings is 2. The van der Waals surface area contributed by atoms with Gasteiger partial charge in [-0.2, -0.15) is 0 Å². The molecule has 0 saturated carbocycles. The number of hydrogen-bond acceptors (Lipinski definition) is 4. The zero-order valence-corrected chi connectivity index (χ0v) is 18.6. The molecule has 0 aliphatic carbocycles. The minimum Gasteiger partial charge on any atom is -0.374 e. The van der Waals surface area contributed by atoms with Gasteiger partial charge in [-0.15, -0.1) is 0 Å². The molecule has 6 heteroatoms. The van der Waals surface area contributed by atoms with Gasteiger partial charge in [-0.3, -0.25) is 9.59 Å². The van der Waals surface area contributed by atoms with Gasteiger partial charge >= 0.3 is 0 Å². The Labute approximate surface area is 185 Å². The Bertz CT molecular complexity index is 879. The zero-order chi connectivity index (χ0) is 22.2. The van der Waals surface area contributed by atoms with Gasteiger partial charge in [0.25, 0.3) is 0 Å². The van der Waals surface area contributed by atoms with E-state index in [2.05, 4.69) is 24.5 Å². The summed E-state index contributed by atoms with van der Waals surface area (Å²) in [4.78, 5) is 27.2. The molecule has 3 rings (SSSR count). The monoisotopic (exact) mass is 422 g/mol. The lowest BCUT2D eigenvalue weighted by molar-refractivity contribution is -0.118. The molecule has 0 bridgehead atoms.